The molecule has 0 bridgehead atoms. The first-order valence-electron chi connectivity index (χ1n) is 32.2. The Morgan fingerprint density at radius 1 is 0.796 bits per heavy atom. The zero-order valence-corrected chi connectivity index (χ0v) is 58.1. The number of alkyl halides is 2. The molecule has 7 heterocycles. The molecule has 3 aromatic carbocycles. The fourth-order valence-corrected chi connectivity index (χ4v) is 15.6. The van der Waals surface area contributed by atoms with Crippen LogP contribution in [0.15, 0.2) is 107 Å². The molecule has 9 N–H and O–H groups in total. The number of unbranched alkanes of at least 4 members (excludes halogenated alkanes) is 2. The number of carbonyl (C=O) groups excluding carboxylic acids is 8. The number of carbonyl (C=O) groups is 8. The molecule has 8 amide bonds. The van der Waals surface area contributed by atoms with Crippen LogP contribution in [0.4, 0.5) is 29.9 Å². The summed E-state index contributed by atoms with van der Waals surface area (Å²) in [5.74, 6) is -3.50. The number of aromatic nitrogens is 6. The maximum Gasteiger partial charge on any atom is 0.472 e. The van der Waals surface area contributed by atoms with Crippen molar-refractivity contribution in [2.75, 3.05) is 44.0 Å². The van der Waals surface area contributed by atoms with Crippen molar-refractivity contribution in [3.63, 3.8) is 0 Å². The summed E-state index contributed by atoms with van der Waals surface area (Å²) < 4.78 is 115. The SMILES string of the molecule is COc1ccc(C(=O)Oc2ccc(CSP3(=O)OC[C@H]4O[C@@H](n5cnc6c(NC(=O)OCc7ccc(NC(=O)C(CCNC(N)=O)NC(=O)C(NC(=O)CCCCCN8C(=O)CC(C)C8=O)C(C)C)cc7)ncnc65)[C@H](F)[C@@H]4OP(=O)(O)OC[C@H]4O[C@@H](n5ccc(=O)[nH]c5=O)[C@H](F)[C@@H]4O3)cc2)cc1. The molecule has 0 spiro atoms. The highest BCUT2D eigenvalue weighted by molar-refractivity contribution is 8.54. The van der Waals surface area contributed by atoms with Gasteiger partial charge in [0, 0.05) is 55.6 Å². The molecule has 35 nitrogen and oxygen atoms in total. The Labute approximate surface area is 588 Å². The zero-order chi connectivity index (χ0) is 73.9. The molecule has 40 heteroatoms. The smallest absolute Gasteiger partial charge is 0.472 e. The van der Waals surface area contributed by atoms with Crippen LogP contribution in [0.1, 0.15) is 93.2 Å². The average Bonchev–Trinajstić information content (AvgIpc) is 1.62. The number of methoxy groups -OCH3 is 1. The van der Waals surface area contributed by atoms with E-state index in [-0.39, 0.29) is 96.4 Å². The summed E-state index contributed by atoms with van der Waals surface area (Å²) in [7, 11) is -3.95. The van der Waals surface area contributed by atoms with Crippen LogP contribution in [0.5, 0.6) is 11.5 Å². The second-order valence-electron chi connectivity index (χ2n) is 24.4. The number of ether oxygens (including phenoxy) is 5. The van der Waals surface area contributed by atoms with E-state index in [0.717, 1.165) is 29.5 Å². The van der Waals surface area contributed by atoms with Crippen molar-refractivity contribution >= 4 is 96.3 Å². The molecule has 103 heavy (non-hydrogen) atoms. The summed E-state index contributed by atoms with van der Waals surface area (Å²) in [5.41, 5.74) is 4.33. The van der Waals surface area contributed by atoms with Crippen LogP contribution < -0.4 is 53.0 Å². The number of amides is 8. The fourth-order valence-electron chi connectivity index (χ4n) is 11.2. The van der Waals surface area contributed by atoms with Gasteiger partial charge in [0.05, 0.1) is 32.2 Å². The van der Waals surface area contributed by atoms with E-state index in [1.54, 1.807) is 32.9 Å². The molecule has 5 unspecified atom stereocenters. The van der Waals surface area contributed by atoms with Gasteiger partial charge < -0.3 is 55.6 Å². The molecular weight excluding hydrogens is 1420 g/mol. The number of imide groups is 1. The summed E-state index contributed by atoms with van der Waals surface area (Å²) in [4.78, 5) is 154. The number of hydrogen-bond acceptors (Lipinski definition) is 25. The van der Waals surface area contributed by atoms with E-state index in [4.69, 9.17) is 47.5 Å². The number of fused-ring (bicyclic) bond motifs is 3. The van der Waals surface area contributed by atoms with Crippen LogP contribution in [0, 0.1) is 11.8 Å². The van der Waals surface area contributed by atoms with Gasteiger partial charge in [0.2, 0.25) is 29.5 Å². The van der Waals surface area contributed by atoms with E-state index in [1.165, 1.54) is 72.7 Å². The Morgan fingerprint density at radius 3 is 2.13 bits per heavy atom. The number of urea groups is 1. The largest absolute Gasteiger partial charge is 0.497 e. The Kier molecular flexibility index (Phi) is 25.1. The zero-order valence-electron chi connectivity index (χ0n) is 55.5. The van der Waals surface area contributed by atoms with Crippen molar-refractivity contribution in [3.05, 3.63) is 135 Å². The highest BCUT2D eigenvalue weighted by Gasteiger charge is 2.55. The van der Waals surface area contributed by atoms with Crippen molar-refractivity contribution in [1.29, 1.82) is 0 Å². The van der Waals surface area contributed by atoms with Crippen LogP contribution in [0.3, 0.4) is 0 Å². The predicted octanol–water partition coefficient (Wildman–Crippen LogP) is 5.36. The van der Waals surface area contributed by atoms with Crippen molar-refractivity contribution in [3.8, 4) is 11.5 Å². The summed E-state index contributed by atoms with van der Waals surface area (Å²) in [6.07, 6.45) is -12.7. The number of nitrogens with two attached hydrogens (primary N) is 1. The van der Waals surface area contributed by atoms with Gasteiger partial charge in [0.15, 0.2) is 41.8 Å². The second kappa shape index (κ2) is 33.8. The normalized spacial score (nSPS) is 24.7. The number of imidazole rings is 1. The standard InChI is InChI=1S/C63H73F2N13O22P2S/c1-33(2)49(73-44(79)8-6-5-7-24-76-46(81)26-34(3)57(76)84)56(83)72-41(21-23-67-61(66)86)55(82)71-38-15-9-35(10-16-38)27-93-63(88)75-53-50-54(69-31-68-53)78(32-70-50)59-47(64)51-43(98-59)29-95-102(91,103-30-36-11-17-40(18-12-36)96-60(85)37-13-19-39(92-4)20-14-37)100-52-42(28-94-101(89,90)99-51)97-58(48(52)65)77-25-22-45(80)74-62(77)87/h9-20,22,25,31-34,41-43,47-49,51-52,58-59H,5-8,21,23-24,26-30H2,1-4H3,(H,71,82)(H,72,83)(H,73,79)(H,89,90)(H3,66,67,86)(H,74,80,87)(H,68,69,75,88)/t34?,41?,42-,43-,47-,48-,49?,51-,52-,58-,59-,102?/m1/s1. The Hall–Kier alpha value is -9.36. The average molecular weight is 1500 g/mol. The molecule has 6 aromatic rings. The number of benzene rings is 3. The van der Waals surface area contributed by atoms with Gasteiger partial charge in [-0.3, -0.25) is 71.2 Å². The Bertz CT molecular complexity index is 4330. The second-order valence-corrected chi connectivity index (χ2v) is 29.8. The number of phosphoric ester groups is 1. The Morgan fingerprint density at radius 2 is 1.47 bits per heavy atom. The van der Waals surface area contributed by atoms with Gasteiger partial charge in [0.1, 0.15) is 60.9 Å². The molecule has 0 radical (unpaired) electrons. The minimum atomic E-state index is -5.42. The van der Waals surface area contributed by atoms with Crippen molar-refractivity contribution < 1.29 is 103 Å². The van der Waals surface area contributed by atoms with Crippen LogP contribution in [-0.2, 0) is 77.8 Å². The number of H-pyrrole nitrogens is 1. The van der Waals surface area contributed by atoms with Gasteiger partial charge in [-0.2, -0.15) is 0 Å². The lowest BCUT2D eigenvalue weighted by molar-refractivity contribution is -0.139. The molecule has 0 saturated carbocycles. The van der Waals surface area contributed by atoms with Crippen LogP contribution in [-0.4, -0.2) is 169 Å². The van der Waals surface area contributed by atoms with E-state index in [9.17, 15) is 57.4 Å². The van der Waals surface area contributed by atoms with Crippen LogP contribution in [0.2, 0.25) is 0 Å². The third kappa shape index (κ3) is 19.5. The van der Waals surface area contributed by atoms with Crippen molar-refractivity contribution in [1.82, 2.24) is 49.9 Å². The number of likely N-dealkylation sites (tertiary alicyclic amines) is 1. The number of rotatable bonds is 26. The summed E-state index contributed by atoms with van der Waals surface area (Å²) in [6, 6.07) is 15.8. The lowest BCUT2D eigenvalue weighted by atomic mass is 10.0. The van der Waals surface area contributed by atoms with Crippen LogP contribution in [0.25, 0.3) is 11.2 Å². The van der Waals surface area contributed by atoms with Crippen molar-refractivity contribution in [2.45, 2.75) is 133 Å². The topological polar surface area (TPSA) is 462 Å². The molecule has 13 atom stereocenters. The maximum atomic E-state index is 17.1. The number of esters is 1. The predicted molar refractivity (Wildman–Crippen MR) is 358 cm³/mol. The quantitative estimate of drug-likeness (QED) is 0.0111. The first-order valence-corrected chi connectivity index (χ1v) is 36.9. The summed E-state index contributed by atoms with van der Waals surface area (Å²) in [5, 5.41) is 12.9. The summed E-state index contributed by atoms with van der Waals surface area (Å²) >= 11 is 0.520. The number of halogens is 2. The molecule has 4 saturated heterocycles. The van der Waals surface area contributed by atoms with Gasteiger partial charge in [-0.15, -0.1) is 0 Å². The van der Waals surface area contributed by atoms with Crippen LogP contribution >= 0.6 is 26.0 Å². The molecule has 3 aromatic heterocycles. The molecule has 4 aliphatic rings. The van der Waals surface area contributed by atoms with E-state index in [2.05, 4.69) is 41.5 Å². The van der Waals surface area contributed by atoms with Gasteiger partial charge >= 0.3 is 38.4 Å². The number of nitrogens with zero attached hydrogens (tertiary/aromatic N) is 6. The van der Waals surface area contributed by atoms with E-state index in [0.29, 0.717) is 52.1 Å². The molecule has 4 aliphatic heterocycles. The third-order valence-electron chi connectivity index (χ3n) is 16.6. The lowest BCUT2D eigenvalue weighted by Crippen LogP contribution is -2.55. The first-order chi connectivity index (χ1) is 49.1. The fraction of sp³-hybridized carbons (Fsp3) is 0.444. The van der Waals surface area contributed by atoms with Gasteiger partial charge in [0.25, 0.3) is 5.56 Å². The summed E-state index contributed by atoms with van der Waals surface area (Å²) in [6.45, 7) is -1.90. The molecular formula is C63H73F2N13O22P2S. The van der Waals surface area contributed by atoms with Crippen molar-refractivity contribution in [2.24, 2.45) is 17.6 Å². The minimum Gasteiger partial charge on any atom is -0.497 e. The number of nitrogens with one attached hydrogen (secondary N) is 6. The van der Waals surface area contributed by atoms with E-state index >= 15 is 13.3 Å². The minimum absolute atomic E-state index is 0.0537. The number of hydrogen-bond donors (Lipinski definition) is 8. The van der Waals surface area contributed by atoms with Gasteiger partial charge in [-0.1, -0.05) is 51.5 Å². The first kappa shape index (κ1) is 76.3. The number of aromatic amines is 1. The Balaban J connectivity index is 0.766. The molecule has 552 valence electrons. The monoisotopic (exact) mass is 1500 g/mol. The lowest BCUT2D eigenvalue weighted by Gasteiger charge is -2.29. The highest BCUT2D eigenvalue weighted by atomic mass is 32.7. The molecule has 4 fully saturated rings. The molecule has 0 aliphatic carbocycles. The highest BCUT2D eigenvalue weighted by Crippen LogP contribution is 2.65. The van der Waals surface area contributed by atoms with E-state index < -0.39 is 142 Å². The maximum absolute atomic E-state index is 17.1. The third-order valence-corrected chi connectivity index (χ3v) is 21.3. The van der Waals surface area contributed by atoms with Gasteiger partial charge in [-0.05, 0) is 96.2 Å². The number of anilines is 2. The van der Waals surface area contributed by atoms with E-state index in [1.807, 2.05) is 4.98 Å². The van der Waals surface area contributed by atoms with Gasteiger partial charge in [-0.25, -0.2) is 52.0 Å². The molecule has 10 rings (SSSR count). The number of phosphoric acid groups is 1. The number of primary amides is 1.